The molecule has 0 saturated heterocycles. The van der Waals surface area contributed by atoms with Crippen LogP contribution >= 0.6 is 21.6 Å². The van der Waals surface area contributed by atoms with E-state index in [1.807, 2.05) is 0 Å². The van der Waals surface area contributed by atoms with E-state index < -0.39 is 9.85 Å². The summed E-state index contributed by atoms with van der Waals surface area (Å²) in [7, 11) is 1.95. The van der Waals surface area contributed by atoms with Gasteiger partial charge in [0.05, 0.1) is 74.8 Å². The Morgan fingerprint density at radius 2 is 0.750 bits per heavy atom. The van der Waals surface area contributed by atoms with Gasteiger partial charge in [0.25, 0.3) is 11.4 Å². The Bertz CT molecular complexity index is 1080. The number of benzene rings is 2. The zero-order valence-corrected chi connectivity index (χ0v) is 23.0. The van der Waals surface area contributed by atoms with Gasteiger partial charge in [0, 0.05) is 12.1 Å². The molecule has 2 aliphatic rings. The van der Waals surface area contributed by atoms with Gasteiger partial charge in [-0.3, -0.25) is 20.2 Å². The summed E-state index contributed by atoms with van der Waals surface area (Å²) in [4.78, 5) is 23.2. The number of nitrogens with zero attached hydrogens (tertiary/aromatic N) is 2. The van der Waals surface area contributed by atoms with Crippen molar-refractivity contribution in [3.05, 3.63) is 44.5 Å². The Hall–Kier alpha value is -3.02. The second-order valence-corrected chi connectivity index (χ2v) is 10.3. The Balaban J connectivity index is 1.60. The molecule has 2 aromatic carbocycles. The van der Waals surface area contributed by atoms with Gasteiger partial charge in [-0.05, 0) is 21.6 Å². The standard InChI is InChI=1S/C24H28N2O12S2/c27-25(28)17-13-19-21(37-11-7-33-3-1-31-5-9-35-19)15-23(17)39-40-24-16-22-20(14-18(24)26(29)30)36-10-6-32-2-4-34-8-12-38-22/h13-16H,1-12H2. The Kier molecular flexibility index (Phi) is 11.7. The minimum atomic E-state index is -0.547. The van der Waals surface area contributed by atoms with Crippen LogP contribution in [0, 0.1) is 20.2 Å². The van der Waals surface area contributed by atoms with Crippen molar-refractivity contribution in [1.29, 1.82) is 0 Å². The molecule has 0 spiro atoms. The van der Waals surface area contributed by atoms with E-state index in [0.717, 1.165) is 21.6 Å². The molecule has 0 N–H and O–H groups in total. The first-order valence-electron chi connectivity index (χ1n) is 12.3. The van der Waals surface area contributed by atoms with Crippen molar-refractivity contribution < 1.29 is 47.7 Å². The zero-order chi connectivity index (χ0) is 28.2. The number of rotatable bonds is 5. The third-order valence-corrected chi connectivity index (χ3v) is 7.77. The molecule has 4 rings (SSSR count). The van der Waals surface area contributed by atoms with E-state index in [0.29, 0.717) is 26.4 Å². The summed E-state index contributed by atoms with van der Waals surface area (Å²) in [6, 6.07) is 5.51. The van der Waals surface area contributed by atoms with Gasteiger partial charge in [-0.1, -0.05) is 0 Å². The van der Waals surface area contributed by atoms with E-state index in [2.05, 4.69) is 0 Å². The van der Waals surface area contributed by atoms with Crippen molar-refractivity contribution in [2.75, 3.05) is 79.3 Å². The Labute approximate surface area is 237 Å². The summed E-state index contributed by atoms with van der Waals surface area (Å²) in [5.41, 5.74) is -0.482. The third-order valence-electron chi connectivity index (χ3n) is 5.35. The molecule has 0 saturated carbocycles. The molecular formula is C24H28N2O12S2. The number of nitro benzene ring substituents is 2. The molecule has 0 amide bonds. The first kappa shape index (κ1) is 30.0. The van der Waals surface area contributed by atoms with Crippen LogP contribution in [0.15, 0.2) is 34.1 Å². The molecular weight excluding hydrogens is 572 g/mol. The second-order valence-electron chi connectivity index (χ2n) is 8.06. The number of fused-ring (bicyclic) bond motifs is 2. The van der Waals surface area contributed by atoms with Gasteiger partial charge < -0.3 is 37.9 Å². The minimum Gasteiger partial charge on any atom is -0.487 e. The van der Waals surface area contributed by atoms with E-state index in [9.17, 15) is 20.2 Å². The van der Waals surface area contributed by atoms with Gasteiger partial charge in [0.15, 0.2) is 23.0 Å². The predicted octanol–water partition coefficient (Wildman–Crippen LogP) is 3.91. The number of nitro groups is 2. The lowest BCUT2D eigenvalue weighted by Crippen LogP contribution is -2.16. The first-order valence-corrected chi connectivity index (χ1v) is 14.5. The van der Waals surface area contributed by atoms with Crippen LogP contribution in [0.1, 0.15) is 0 Å². The number of hydrogen-bond acceptors (Lipinski definition) is 14. The number of hydrogen-bond donors (Lipinski definition) is 0. The van der Waals surface area contributed by atoms with Gasteiger partial charge in [-0.2, -0.15) is 0 Å². The summed E-state index contributed by atoms with van der Waals surface area (Å²) in [6.07, 6.45) is 0. The molecule has 40 heavy (non-hydrogen) atoms. The van der Waals surface area contributed by atoms with E-state index in [4.69, 9.17) is 37.9 Å². The lowest BCUT2D eigenvalue weighted by molar-refractivity contribution is -0.388. The van der Waals surface area contributed by atoms with Crippen LogP contribution in [0.3, 0.4) is 0 Å². The van der Waals surface area contributed by atoms with Gasteiger partial charge in [0.2, 0.25) is 0 Å². The Morgan fingerprint density at radius 1 is 0.475 bits per heavy atom. The molecule has 16 heteroatoms. The monoisotopic (exact) mass is 600 g/mol. The number of ether oxygens (including phenoxy) is 8. The fraction of sp³-hybridized carbons (Fsp3) is 0.500. The maximum absolute atomic E-state index is 11.9. The predicted molar refractivity (Wildman–Crippen MR) is 143 cm³/mol. The molecule has 218 valence electrons. The maximum atomic E-state index is 11.9. The fourth-order valence-corrected chi connectivity index (χ4v) is 5.77. The highest BCUT2D eigenvalue weighted by molar-refractivity contribution is 8.76. The van der Waals surface area contributed by atoms with Crippen LogP contribution in [0.2, 0.25) is 0 Å². The fourth-order valence-electron chi connectivity index (χ4n) is 3.51. The molecule has 14 nitrogen and oxygen atoms in total. The van der Waals surface area contributed by atoms with Gasteiger partial charge in [-0.25, -0.2) is 0 Å². The summed E-state index contributed by atoms with van der Waals surface area (Å²) < 4.78 is 44.6. The third kappa shape index (κ3) is 8.74. The van der Waals surface area contributed by atoms with Crippen LogP contribution in [-0.4, -0.2) is 89.1 Å². The topological polar surface area (TPSA) is 160 Å². The minimum absolute atomic E-state index is 0.162. The van der Waals surface area contributed by atoms with E-state index >= 15 is 0 Å². The average molecular weight is 601 g/mol. The van der Waals surface area contributed by atoms with Gasteiger partial charge in [0.1, 0.15) is 36.2 Å². The van der Waals surface area contributed by atoms with E-state index in [-0.39, 0.29) is 97.0 Å². The first-order chi connectivity index (χ1) is 19.5. The van der Waals surface area contributed by atoms with Crippen LogP contribution in [0.25, 0.3) is 0 Å². The van der Waals surface area contributed by atoms with Crippen molar-refractivity contribution in [3.8, 4) is 23.0 Å². The van der Waals surface area contributed by atoms with Crippen LogP contribution in [0.4, 0.5) is 11.4 Å². The van der Waals surface area contributed by atoms with E-state index in [1.165, 1.54) is 24.3 Å². The molecule has 0 aromatic heterocycles. The molecule has 0 unspecified atom stereocenters. The summed E-state index contributed by atoms with van der Waals surface area (Å²) in [5.74, 6) is 0.938. The van der Waals surface area contributed by atoms with Crippen LogP contribution < -0.4 is 18.9 Å². The normalized spacial score (nSPS) is 17.3. The molecule has 0 radical (unpaired) electrons. The van der Waals surface area contributed by atoms with Gasteiger partial charge >= 0.3 is 0 Å². The highest BCUT2D eigenvalue weighted by atomic mass is 33.1. The van der Waals surface area contributed by atoms with Crippen molar-refractivity contribution in [3.63, 3.8) is 0 Å². The molecule has 0 fully saturated rings. The van der Waals surface area contributed by atoms with Crippen molar-refractivity contribution in [2.45, 2.75) is 9.79 Å². The lowest BCUT2D eigenvalue weighted by atomic mass is 10.2. The second kappa shape index (κ2) is 15.7. The lowest BCUT2D eigenvalue weighted by Gasteiger charge is -2.17. The van der Waals surface area contributed by atoms with Gasteiger partial charge in [-0.15, -0.1) is 0 Å². The Morgan fingerprint density at radius 3 is 1.05 bits per heavy atom. The van der Waals surface area contributed by atoms with Crippen molar-refractivity contribution in [1.82, 2.24) is 0 Å². The highest BCUT2D eigenvalue weighted by Gasteiger charge is 2.25. The highest BCUT2D eigenvalue weighted by Crippen LogP contribution is 2.50. The average Bonchev–Trinajstić information content (AvgIpc) is 2.92. The molecule has 0 aliphatic carbocycles. The smallest absolute Gasteiger partial charge is 0.287 e. The van der Waals surface area contributed by atoms with Crippen LogP contribution in [0.5, 0.6) is 23.0 Å². The SMILES string of the molecule is O=[N+]([O-])c1cc2c(cc1SSc1cc3c(cc1[N+](=O)[O-])OCCOCCOCCO3)OCCOCCOCCO2. The van der Waals surface area contributed by atoms with Crippen molar-refractivity contribution in [2.24, 2.45) is 0 Å². The molecule has 0 atom stereocenters. The molecule has 2 aliphatic heterocycles. The maximum Gasteiger partial charge on any atom is 0.287 e. The van der Waals surface area contributed by atoms with Crippen LogP contribution in [-0.2, 0) is 18.9 Å². The zero-order valence-electron chi connectivity index (χ0n) is 21.4. The molecule has 2 heterocycles. The summed E-state index contributed by atoms with van der Waals surface area (Å²) in [6.45, 7) is 3.44. The van der Waals surface area contributed by atoms with Crippen molar-refractivity contribution >= 4 is 33.0 Å². The quantitative estimate of drug-likeness (QED) is 0.276. The molecule has 0 bridgehead atoms. The molecule has 2 aromatic rings. The summed E-state index contributed by atoms with van der Waals surface area (Å²) in [5, 5.41) is 23.8. The summed E-state index contributed by atoms with van der Waals surface area (Å²) >= 11 is 0. The van der Waals surface area contributed by atoms with E-state index in [1.54, 1.807) is 0 Å². The largest absolute Gasteiger partial charge is 0.487 e.